The van der Waals surface area contributed by atoms with Crippen LogP contribution in [0.1, 0.15) is 36.9 Å². The number of thioether (sulfide) groups is 1. The molecule has 2 aromatic heterocycles. The van der Waals surface area contributed by atoms with Gasteiger partial charge in [0.2, 0.25) is 16.9 Å². The Morgan fingerprint density at radius 3 is 2.34 bits per heavy atom. The summed E-state index contributed by atoms with van der Waals surface area (Å²) in [5, 5.41) is 30.3. The lowest BCUT2D eigenvalue weighted by atomic mass is 9.87. The van der Waals surface area contributed by atoms with E-state index in [0.717, 1.165) is 50.5 Å². The smallest absolute Gasteiger partial charge is 0.386 e. The first kappa shape index (κ1) is 49.2. The second kappa shape index (κ2) is 20.1. The molecule has 1 saturated heterocycles. The van der Waals surface area contributed by atoms with E-state index in [1.54, 1.807) is 6.07 Å². The minimum atomic E-state index is -5.59. The van der Waals surface area contributed by atoms with Gasteiger partial charge in [-0.25, -0.2) is 28.6 Å². The summed E-state index contributed by atoms with van der Waals surface area (Å²) in [4.78, 5) is 89.4. The quantitative estimate of drug-likeness (QED) is 0.0307. The molecule has 0 radical (unpaired) electrons. The summed E-state index contributed by atoms with van der Waals surface area (Å²) >= 11 is 1.04. The average molecular weight is 972 g/mol. The first-order valence-electron chi connectivity index (χ1n) is 19.0. The molecule has 2 amide bonds. The zero-order valence-electron chi connectivity index (χ0n) is 33.8. The number of ether oxygens (including phenoxy) is 1. The number of carbonyl (C=O) groups is 3. The van der Waals surface area contributed by atoms with Crippen LogP contribution in [0.25, 0.3) is 32.7 Å². The molecule has 346 valence electrons. The number of imidazole rings is 1. The van der Waals surface area contributed by atoms with E-state index in [1.807, 2.05) is 48.5 Å². The molecule has 1 fully saturated rings. The Labute approximate surface area is 367 Å². The number of nitrogens with one attached hydrogen (secondary N) is 2. The molecule has 28 heteroatoms. The summed E-state index contributed by atoms with van der Waals surface area (Å²) in [6.07, 6.45) is -6.99. The van der Waals surface area contributed by atoms with Crippen LogP contribution in [0.15, 0.2) is 67.3 Å². The highest BCUT2D eigenvalue weighted by atomic mass is 32.2. The van der Waals surface area contributed by atoms with Gasteiger partial charge in [0, 0.05) is 36.2 Å². The highest BCUT2D eigenvalue weighted by molar-refractivity contribution is 8.14. The number of amides is 2. The Morgan fingerprint density at radius 2 is 1.62 bits per heavy atom. The van der Waals surface area contributed by atoms with Crippen molar-refractivity contribution >= 4 is 90.7 Å². The Hall–Kier alpha value is -4.26. The molecule has 0 aliphatic carbocycles. The van der Waals surface area contributed by atoms with Gasteiger partial charge in [0.25, 0.3) is 0 Å². The molecule has 1 aliphatic heterocycles. The molecule has 1 aliphatic rings. The molecule has 0 bridgehead atoms. The van der Waals surface area contributed by atoms with Crippen LogP contribution in [-0.4, -0.2) is 123 Å². The van der Waals surface area contributed by atoms with Crippen LogP contribution < -0.4 is 16.4 Å². The van der Waals surface area contributed by atoms with Gasteiger partial charge in [-0.05, 0) is 39.7 Å². The van der Waals surface area contributed by atoms with Gasteiger partial charge >= 0.3 is 23.5 Å². The zero-order valence-corrected chi connectivity index (χ0v) is 37.3. The van der Waals surface area contributed by atoms with Crippen LogP contribution in [0.2, 0.25) is 0 Å². The maximum absolute atomic E-state index is 13.1. The van der Waals surface area contributed by atoms with E-state index in [9.17, 15) is 57.9 Å². The zero-order chi connectivity index (χ0) is 46.6. The van der Waals surface area contributed by atoms with Crippen molar-refractivity contribution in [1.29, 1.82) is 0 Å². The topological polar surface area (TPSA) is 364 Å². The van der Waals surface area contributed by atoms with Crippen LogP contribution in [0.5, 0.6) is 0 Å². The number of aromatic nitrogens is 4. The van der Waals surface area contributed by atoms with E-state index in [-0.39, 0.29) is 47.4 Å². The monoisotopic (exact) mass is 971 g/mol. The first-order chi connectivity index (χ1) is 30.0. The van der Waals surface area contributed by atoms with E-state index < -0.39 is 84.6 Å². The van der Waals surface area contributed by atoms with Crippen molar-refractivity contribution in [2.75, 3.05) is 37.8 Å². The summed E-state index contributed by atoms with van der Waals surface area (Å²) in [7, 11) is -16.4. The van der Waals surface area contributed by atoms with Crippen molar-refractivity contribution in [2.24, 2.45) is 5.41 Å². The molecule has 5 aromatic rings. The van der Waals surface area contributed by atoms with E-state index in [1.165, 1.54) is 13.8 Å². The molecule has 64 heavy (non-hydrogen) atoms. The number of hydrogen-bond donors (Lipinski definition) is 9. The highest BCUT2D eigenvalue weighted by Crippen LogP contribution is 2.61. The largest absolute Gasteiger partial charge is 0.481 e. The van der Waals surface area contributed by atoms with Crippen LogP contribution in [0.4, 0.5) is 5.82 Å². The van der Waals surface area contributed by atoms with Crippen molar-refractivity contribution in [3.8, 4) is 0 Å². The maximum atomic E-state index is 13.1. The normalized spacial score (nSPS) is 20.5. The van der Waals surface area contributed by atoms with Gasteiger partial charge in [-0.3, -0.25) is 32.5 Å². The van der Waals surface area contributed by atoms with E-state index >= 15 is 0 Å². The molecule has 0 spiro atoms. The fourth-order valence-corrected chi connectivity index (χ4v) is 10.0. The number of anilines is 1. The summed E-state index contributed by atoms with van der Waals surface area (Å²) in [5.74, 6) is -1.21. The third-order valence-electron chi connectivity index (χ3n) is 9.70. The van der Waals surface area contributed by atoms with E-state index in [4.69, 9.17) is 19.5 Å². The molecule has 2 unspecified atom stereocenters. The standard InChI is InChI=1S/C36H44N7O17P3S/c1-36(2,30(46)33(47)39-11-10-26(44)38-12-13-64-35(48)23-9-5-8-22-14-20-6-3-4-7-21(20)15-24(22)23)17-57-63(54,55)60-62(52,53)56-16-25-29(59-61(49,50)51)28(45)34(58-25)43-19-42-27-31(37)40-18-41-32(27)43/h3-9,14-15,18-19,25,28-30,34,45-46H,10-13,16-17H2,1-2H3,(H,38,44)(H,39,47)(H,52,53)(H,54,55)(H2,37,40,41)(H2,49,50,51)/t25-,28-,29-,30+,34-/m1/s1. The Morgan fingerprint density at radius 1 is 0.938 bits per heavy atom. The lowest BCUT2D eigenvalue weighted by molar-refractivity contribution is -0.137. The second-order valence-corrected chi connectivity index (χ2v) is 20.2. The van der Waals surface area contributed by atoms with Crippen LogP contribution in [0.3, 0.4) is 0 Å². The number of carbonyl (C=O) groups excluding carboxylic acids is 3. The number of phosphoric ester groups is 3. The molecule has 10 N–H and O–H groups in total. The SMILES string of the molecule is CC(C)(COP(=O)(O)OP(=O)(O)OC[C@H]1O[C@@H](n2cnc3c(N)ncnc32)[C@H](O)[C@@H]1OP(=O)(O)O)[C@@H](O)C(=O)NCCC(=O)NCCSC(=O)c1cccc2cc3ccccc3cc12. The number of phosphoric acid groups is 3. The first-order valence-corrected chi connectivity index (χ1v) is 24.5. The summed E-state index contributed by atoms with van der Waals surface area (Å²) in [6.45, 7) is 0.405. The Balaban J connectivity index is 0.925. The molecule has 3 heterocycles. The molecular formula is C36H44N7O17P3S. The van der Waals surface area contributed by atoms with Crippen molar-refractivity contribution in [3.05, 3.63) is 72.8 Å². The number of hydrogen-bond acceptors (Lipinski definition) is 18. The number of nitrogens with two attached hydrogens (primary N) is 1. The average Bonchev–Trinajstić information content (AvgIpc) is 3.79. The van der Waals surface area contributed by atoms with Gasteiger partial charge in [-0.1, -0.05) is 62.0 Å². The molecule has 7 atom stereocenters. The molecule has 6 rings (SSSR count). The van der Waals surface area contributed by atoms with Gasteiger partial charge in [-0.2, -0.15) is 4.31 Å². The minimum Gasteiger partial charge on any atom is -0.386 e. The Bertz CT molecular complexity index is 2690. The predicted octanol–water partition coefficient (Wildman–Crippen LogP) is 2.28. The molecule has 24 nitrogen and oxygen atoms in total. The number of nitrogens with zero attached hydrogens (tertiary/aromatic N) is 4. The number of benzene rings is 3. The summed E-state index contributed by atoms with van der Waals surface area (Å²) in [6, 6.07) is 17.3. The van der Waals surface area contributed by atoms with Gasteiger partial charge in [0.1, 0.15) is 36.3 Å². The number of aliphatic hydroxyl groups excluding tert-OH is 2. The second-order valence-electron chi connectivity index (χ2n) is 14.9. The third-order valence-corrected chi connectivity index (χ3v) is 13.7. The summed E-state index contributed by atoms with van der Waals surface area (Å²) < 4.78 is 62.4. The summed E-state index contributed by atoms with van der Waals surface area (Å²) in [5.41, 5.74) is 4.80. The number of rotatable bonds is 20. The lowest BCUT2D eigenvalue weighted by Crippen LogP contribution is -2.46. The number of aliphatic hydroxyl groups is 2. The van der Waals surface area contributed by atoms with Crippen LogP contribution in [0, 0.1) is 5.41 Å². The third kappa shape index (κ3) is 12.3. The van der Waals surface area contributed by atoms with Crippen LogP contribution in [-0.2, 0) is 45.9 Å². The molecular weight excluding hydrogens is 927 g/mol. The van der Waals surface area contributed by atoms with Crippen molar-refractivity contribution in [1.82, 2.24) is 30.2 Å². The molecule has 3 aromatic carbocycles. The van der Waals surface area contributed by atoms with E-state index in [0.29, 0.717) is 5.56 Å². The fraction of sp³-hybridized carbons (Fsp3) is 0.389. The van der Waals surface area contributed by atoms with Gasteiger partial charge in [-0.15, -0.1) is 0 Å². The highest BCUT2D eigenvalue weighted by Gasteiger charge is 2.50. The van der Waals surface area contributed by atoms with Crippen molar-refractivity contribution in [2.45, 2.75) is 50.9 Å². The maximum Gasteiger partial charge on any atom is 0.481 e. The minimum absolute atomic E-state index is 0.0278. The van der Waals surface area contributed by atoms with Gasteiger partial charge in [0.15, 0.2) is 17.7 Å². The van der Waals surface area contributed by atoms with Crippen LogP contribution >= 0.6 is 35.2 Å². The van der Waals surface area contributed by atoms with Gasteiger partial charge < -0.3 is 50.9 Å². The number of nitrogen functional groups attached to an aromatic ring is 1. The van der Waals surface area contributed by atoms with Crippen molar-refractivity contribution in [3.63, 3.8) is 0 Å². The number of fused-ring (bicyclic) bond motifs is 3. The Kier molecular flexibility index (Phi) is 15.4. The lowest BCUT2D eigenvalue weighted by Gasteiger charge is -2.30. The fourth-order valence-electron chi connectivity index (χ4n) is 6.50. The van der Waals surface area contributed by atoms with E-state index in [2.05, 4.69) is 34.4 Å². The van der Waals surface area contributed by atoms with Crippen molar-refractivity contribution < 1.29 is 80.5 Å². The predicted molar refractivity (Wildman–Crippen MR) is 228 cm³/mol. The molecule has 0 saturated carbocycles. The van der Waals surface area contributed by atoms with Gasteiger partial charge in [0.05, 0.1) is 19.5 Å².